The second-order valence-corrected chi connectivity index (χ2v) is 5.29. The molecule has 19 heavy (non-hydrogen) atoms. The third-order valence-electron chi connectivity index (χ3n) is 3.89. The molecule has 102 valence electrons. The van der Waals surface area contributed by atoms with E-state index >= 15 is 0 Å². The summed E-state index contributed by atoms with van der Waals surface area (Å²) in [5, 5.41) is 2.99. The molecular formula is C14H18N2O3. The monoisotopic (exact) mass is 262 g/mol. The molecule has 2 aliphatic rings. The molecule has 0 aromatic heterocycles. The Labute approximate surface area is 112 Å². The summed E-state index contributed by atoms with van der Waals surface area (Å²) in [7, 11) is 0. The minimum atomic E-state index is -0.0680. The van der Waals surface area contributed by atoms with Crippen LogP contribution in [0.1, 0.15) is 29.6 Å². The third kappa shape index (κ3) is 2.51. The zero-order chi connectivity index (χ0) is 13.3. The van der Waals surface area contributed by atoms with Crippen LogP contribution in [0.25, 0.3) is 0 Å². The summed E-state index contributed by atoms with van der Waals surface area (Å²) in [5.74, 6) is 1.26. The molecule has 1 heterocycles. The van der Waals surface area contributed by atoms with Gasteiger partial charge in [-0.25, -0.2) is 0 Å². The molecule has 3 N–H and O–H groups in total. The van der Waals surface area contributed by atoms with Gasteiger partial charge in [0.05, 0.1) is 0 Å². The predicted molar refractivity (Wildman–Crippen MR) is 70.2 cm³/mol. The Kier molecular flexibility index (Phi) is 3.06. The summed E-state index contributed by atoms with van der Waals surface area (Å²) in [6.45, 7) is 1.61. The van der Waals surface area contributed by atoms with E-state index < -0.39 is 0 Å². The van der Waals surface area contributed by atoms with Crippen LogP contribution in [0.15, 0.2) is 18.2 Å². The third-order valence-corrected chi connectivity index (χ3v) is 3.89. The summed E-state index contributed by atoms with van der Waals surface area (Å²) in [6.07, 6.45) is 3.30. The SMILES string of the molecule is NCCC1(CNC(=O)c2ccc3c(c2)OCO3)CC1. The van der Waals surface area contributed by atoms with Crippen LogP contribution in [-0.2, 0) is 0 Å². The number of benzene rings is 1. The number of carbonyl (C=O) groups excluding carboxylic acids is 1. The minimum absolute atomic E-state index is 0.0680. The molecule has 1 fully saturated rings. The maximum atomic E-state index is 12.1. The van der Waals surface area contributed by atoms with Crippen molar-refractivity contribution in [2.45, 2.75) is 19.3 Å². The van der Waals surface area contributed by atoms with Crippen LogP contribution in [0.4, 0.5) is 0 Å². The highest BCUT2D eigenvalue weighted by Gasteiger charge is 2.41. The first-order valence-electron chi connectivity index (χ1n) is 6.60. The number of hydrogen-bond donors (Lipinski definition) is 2. The molecule has 0 atom stereocenters. The minimum Gasteiger partial charge on any atom is -0.454 e. The van der Waals surface area contributed by atoms with Crippen LogP contribution >= 0.6 is 0 Å². The molecule has 0 unspecified atom stereocenters. The molecule has 1 aromatic rings. The number of carbonyl (C=O) groups is 1. The van der Waals surface area contributed by atoms with Crippen molar-refractivity contribution in [3.8, 4) is 11.5 Å². The van der Waals surface area contributed by atoms with E-state index in [-0.39, 0.29) is 18.1 Å². The molecule has 0 radical (unpaired) electrons. The number of amides is 1. The number of nitrogens with two attached hydrogens (primary N) is 1. The van der Waals surface area contributed by atoms with Crippen molar-refractivity contribution in [2.75, 3.05) is 19.9 Å². The van der Waals surface area contributed by atoms with Crippen molar-refractivity contribution in [2.24, 2.45) is 11.1 Å². The maximum absolute atomic E-state index is 12.1. The molecule has 0 bridgehead atoms. The van der Waals surface area contributed by atoms with Gasteiger partial charge in [-0.15, -0.1) is 0 Å². The highest BCUT2D eigenvalue weighted by molar-refractivity contribution is 5.95. The van der Waals surface area contributed by atoms with Crippen LogP contribution in [0, 0.1) is 5.41 Å². The number of hydrogen-bond acceptors (Lipinski definition) is 4. The zero-order valence-electron chi connectivity index (χ0n) is 10.8. The van der Waals surface area contributed by atoms with E-state index in [1.54, 1.807) is 18.2 Å². The predicted octanol–water partition coefficient (Wildman–Crippen LogP) is 1.27. The second kappa shape index (κ2) is 4.74. The lowest BCUT2D eigenvalue weighted by atomic mass is 10.0. The van der Waals surface area contributed by atoms with Gasteiger partial charge in [-0.3, -0.25) is 4.79 Å². The fourth-order valence-electron chi connectivity index (χ4n) is 2.41. The van der Waals surface area contributed by atoms with Gasteiger partial charge in [0.2, 0.25) is 6.79 Å². The summed E-state index contributed by atoms with van der Waals surface area (Å²) in [4.78, 5) is 12.1. The average molecular weight is 262 g/mol. The van der Waals surface area contributed by atoms with Gasteiger partial charge in [-0.2, -0.15) is 0 Å². The molecule has 3 rings (SSSR count). The van der Waals surface area contributed by atoms with E-state index in [0.29, 0.717) is 30.2 Å². The largest absolute Gasteiger partial charge is 0.454 e. The van der Waals surface area contributed by atoms with Crippen molar-refractivity contribution < 1.29 is 14.3 Å². The Morgan fingerprint density at radius 2 is 2.11 bits per heavy atom. The molecular weight excluding hydrogens is 244 g/mol. The van der Waals surface area contributed by atoms with Crippen molar-refractivity contribution in [1.82, 2.24) is 5.32 Å². The second-order valence-electron chi connectivity index (χ2n) is 5.29. The number of fused-ring (bicyclic) bond motifs is 1. The van der Waals surface area contributed by atoms with Crippen molar-refractivity contribution >= 4 is 5.91 Å². The van der Waals surface area contributed by atoms with Gasteiger partial charge in [-0.1, -0.05) is 0 Å². The molecule has 0 saturated heterocycles. The number of ether oxygens (including phenoxy) is 2. The van der Waals surface area contributed by atoms with E-state index in [9.17, 15) is 4.79 Å². The Balaban J connectivity index is 1.61. The summed E-state index contributed by atoms with van der Waals surface area (Å²) >= 11 is 0. The van der Waals surface area contributed by atoms with E-state index in [2.05, 4.69) is 5.32 Å². The Bertz CT molecular complexity index is 497. The summed E-state index contributed by atoms with van der Waals surface area (Å²) in [6, 6.07) is 5.25. The van der Waals surface area contributed by atoms with Gasteiger partial charge in [0.25, 0.3) is 5.91 Å². The number of nitrogens with one attached hydrogen (secondary N) is 1. The highest BCUT2D eigenvalue weighted by atomic mass is 16.7. The summed E-state index contributed by atoms with van der Waals surface area (Å²) < 4.78 is 10.5. The molecule has 0 spiro atoms. The fourth-order valence-corrected chi connectivity index (χ4v) is 2.41. The maximum Gasteiger partial charge on any atom is 0.251 e. The normalized spacial score (nSPS) is 18.2. The Morgan fingerprint density at radius 3 is 2.84 bits per heavy atom. The molecule has 1 aliphatic heterocycles. The van der Waals surface area contributed by atoms with Gasteiger partial charge in [0.1, 0.15) is 0 Å². The lowest BCUT2D eigenvalue weighted by Crippen LogP contribution is -2.31. The molecule has 1 aliphatic carbocycles. The van der Waals surface area contributed by atoms with Crippen molar-refractivity contribution in [3.63, 3.8) is 0 Å². The molecule has 1 aromatic carbocycles. The first-order valence-corrected chi connectivity index (χ1v) is 6.60. The Morgan fingerprint density at radius 1 is 1.32 bits per heavy atom. The highest BCUT2D eigenvalue weighted by Crippen LogP contribution is 2.47. The van der Waals surface area contributed by atoms with Gasteiger partial charge in [0, 0.05) is 12.1 Å². The smallest absolute Gasteiger partial charge is 0.251 e. The van der Waals surface area contributed by atoms with E-state index in [1.165, 1.54) is 0 Å². The van der Waals surface area contributed by atoms with E-state index in [0.717, 1.165) is 19.3 Å². The van der Waals surface area contributed by atoms with Gasteiger partial charge < -0.3 is 20.5 Å². The van der Waals surface area contributed by atoms with Crippen LogP contribution in [0.2, 0.25) is 0 Å². The zero-order valence-corrected chi connectivity index (χ0v) is 10.8. The molecule has 5 nitrogen and oxygen atoms in total. The Hall–Kier alpha value is -1.75. The first kappa shape index (κ1) is 12.3. The van der Waals surface area contributed by atoms with Crippen LogP contribution in [-0.4, -0.2) is 25.8 Å². The lowest BCUT2D eigenvalue weighted by molar-refractivity contribution is 0.0943. The number of rotatable bonds is 5. The van der Waals surface area contributed by atoms with Crippen LogP contribution in [0.3, 0.4) is 0 Å². The molecule has 5 heteroatoms. The van der Waals surface area contributed by atoms with Crippen LogP contribution < -0.4 is 20.5 Å². The van der Waals surface area contributed by atoms with Crippen LogP contribution in [0.5, 0.6) is 11.5 Å². The van der Waals surface area contributed by atoms with Crippen molar-refractivity contribution in [1.29, 1.82) is 0 Å². The fraction of sp³-hybridized carbons (Fsp3) is 0.500. The van der Waals surface area contributed by atoms with Crippen molar-refractivity contribution in [3.05, 3.63) is 23.8 Å². The average Bonchev–Trinajstić information content (AvgIpc) is 3.02. The first-order chi connectivity index (χ1) is 9.22. The molecule has 1 saturated carbocycles. The van der Waals surface area contributed by atoms with Gasteiger partial charge >= 0.3 is 0 Å². The van der Waals surface area contributed by atoms with E-state index in [4.69, 9.17) is 15.2 Å². The quantitative estimate of drug-likeness (QED) is 0.838. The summed E-state index contributed by atoms with van der Waals surface area (Å²) in [5.41, 5.74) is 6.45. The van der Waals surface area contributed by atoms with E-state index in [1.807, 2.05) is 0 Å². The van der Waals surface area contributed by atoms with Gasteiger partial charge in [0.15, 0.2) is 11.5 Å². The van der Waals surface area contributed by atoms with Gasteiger partial charge in [-0.05, 0) is 49.4 Å². The standard InChI is InChI=1S/C14H18N2O3/c15-6-5-14(3-4-14)8-16-13(17)10-1-2-11-12(7-10)19-9-18-11/h1-2,7H,3-6,8-9,15H2,(H,16,17). The lowest BCUT2D eigenvalue weighted by Gasteiger charge is -2.14. The topological polar surface area (TPSA) is 73.6 Å². The molecule has 1 amide bonds.